The Morgan fingerprint density at radius 3 is 2.06 bits per heavy atom. The smallest absolute Gasteiger partial charge is 0.491 e. The molecule has 1 fully saturated rings. The predicted octanol–water partition coefficient (Wildman–Crippen LogP) is 3.72. The summed E-state index contributed by atoms with van der Waals surface area (Å²) in [7, 11) is 0. The molecule has 2 aromatic carbocycles. The highest BCUT2D eigenvalue weighted by Gasteiger charge is 2.31. The fraction of sp³-hybridized carbons (Fsp3) is 0.455. The number of hydrogen-bond acceptors (Lipinski definition) is 6. The fourth-order valence-electron chi connectivity index (χ4n) is 3.20. The van der Waals surface area contributed by atoms with Crippen LogP contribution in [0.3, 0.4) is 0 Å². The van der Waals surface area contributed by atoms with Gasteiger partial charge in [-0.15, -0.1) is 13.2 Å². The number of aliphatic hydroxyl groups is 1. The van der Waals surface area contributed by atoms with Crippen molar-refractivity contribution in [1.29, 1.82) is 0 Å². The molecule has 31 heavy (non-hydrogen) atoms. The Morgan fingerprint density at radius 2 is 1.52 bits per heavy atom. The van der Waals surface area contributed by atoms with Gasteiger partial charge >= 0.3 is 6.36 Å². The average Bonchev–Trinajstić information content (AvgIpc) is 2.74. The van der Waals surface area contributed by atoms with Gasteiger partial charge in [-0.3, -0.25) is 0 Å². The summed E-state index contributed by atoms with van der Waals surface area (Å²) < 4.78 is 52.1. The van der Waals surface area contributed by atoms with E-state index in [4.69, 9.17) is 15.2 Å². The van der Waals surface area contributed by atoms with Crippen molar-refractivity contribution >= 4 is 5.69 Å². The van der Waals surface area contributed by atoms with Crippen LogP contribution in [0.15, 0.2) is 48.5 Å². The van der Waals surface area contributed by atoms with Crippen LogP contribution in [0.1, 0.15) is 19.8 Å². The molecule has 3 N–H and O–H groups in total. The number of alkyl halides is 3. The van der Waals surface area contributed by atoms with Gasteiger partial charge in [0.2, 0.25) is 0 Å². The van der Waals surface area contributed by atoms with Crippen molar-refractivity contribution in [2.75, 3.05) is 31.1 Å². The molecule has 0 aromatic heterocycles. The van der Waals surface area contributed by atoms with E-state index in [0.717, 1.165) is 31.6 Å². The van der Waals surface area contributed by atoms with Crippen molar-refractivity contribution < 1.29 is 32.5 Å². The molecule has 1 aliphatic rings. The molecule has 1 aliphatic heterocycles. The molecule has 6 nitrogen and oxygen atoms in total. The molecule has 0 amide bonds. The summed E-state index contributed by atoms with van der Waals surface area (Å²) in [4.78, 5) is 2.24. The van der Waals surface area contributed by atoms with E-state index in [1.807, 2.05) is 24.3 Å². The molecule has 2 aromatic rings. The van der Waals surface area contributed by atoms with E-state index in [-0.39, 0.29) is 25.0 Å². The highest BCUT2D eigenvalue weighted by molar-refractivity contribution is 5.49. The van der Waals surface area contributed by atoms with Gasteiger partial charge in [0.15, 0.2) is 0 Å². The predicted molar refractivity (Wildman–Crippen MR) is 111 cm³/mol. The van der Waals surface area contributed by atoms with Crippen molar-refractivity contribution in [2.24, 2.45) is 5.73 Å². The van der Waals surface area contributed by atoms with E-state index < -0.39 is 12.0 Å². The largest absolute Gasteiger partial charge is 0.573 e. The average molecular weight is 440 g/mol. The second-order valence-electron chi connectivity index (χ2n) is 7.81. The second kappa shape index (κ2) is 9.65. The first-order chi connectivity index (χ1) is 14.6. The lowest BCUT2D eigenvalue weighted by molar-refractivity contribution is -0.274. The first-order valence-corrected chi connectivity index (χ1v) is 10.1. The SMILES string of the molecule is C[C@@](O)(CN)COc1ccc(N2CCC(Oc3ccc(OC(F)(F)F)cc3)CC2)cc1. The Morgan fingerprint density at radius 1 is 0.968 bits per heavy atom. The Labute approximate surface area is 179 Å². The molecule has 0 unspecified atom stereocenters. The Hall–Kier alpha value is -2.65. The molecule has 1 atom stereocenters. The maximum absolute atomic E-state index is 12.2. The van der Waals surface area contributed by atoms with Gasteiger partial charge in [-0.1, -0.05) is 0 Å². The van der Waals surface area contributed by atoms with Gasteiger partial charge in [0, 0.05) is 38.2 Å². The molecule has 1 saturated heterocycles. The van der Waals surface area contributed by atoms with Gasteiger partial charge in [0.1, 0.15) is 35.6 Å². The quantitative estimate of drug-likeness (QED) is 0.652. The topological polar surface area (TPSA) is 77.2 Å². The van der Waals surface area contributed by atoms with Gasteiger partial charge < -0.3 is 30.0 Å². The zero-order chi connectivity index (χ0) is 22.5. The molecule has 3 rings (SSSR count). The third-order valence-electron chi connectivity index (χ3n) is 4.99. The number of hydrogen-bond donors (Lipinski definition) is 2. The van der Waals surface area contributed by atoms with E-state index in [9.17, 15) is 18.3 Å². The lowest BCUT2D eigenvalue weighted by Gasteiger charge is -2.33. The second-order valence-corrected chi connectivity index (χ2v) is 7.81. The molecule has 0 bridgehead atoms. The third-order valence-corrected chi connectivity index (χ3v) is 4.99. The zero-order valence-corrected chi connectivity index (χ0v) is 17.3. The summed E-state index contributed by atoms with van der Waals surface area (Å²) in [6.07, 6.45) is -3.13. The third kappa shape index (κ3) is 7.22. The molecule has 0 radical (unpaired) electrons. The van der Waals surface area contributed by atoms with Crippen molar-refractivity contribution in [3.05, 3.63) is 48.5 Å². The summed E-state index contributed by atoms with van der Waals surface area (Å²) in [5.74, 6) is 0.908. The van der Waals surface area contributed by atoms with Crippen LogP contribution < -0.4 is 24.8 Å². The number of nitrogens with two attached hydrogens (primary N) is 1. The maximum Gasteiger partial charge on any atom is 0.573 e. The monoisotopic (exact) mass is 440 g/mol. The van der Waals surface area contributed by atoms with Crippen molar-refractivity contribution in [2.45, 2.75) is 37.8 Å². The minimum atomic E-state index is -4.70. The molecule has 9 heteroatoms. The maximum atomic E-state index is 12.2. The molecule has 1 heterocycles. The Bertz CT molecular complexity index is 818. The highest BCUT2D eigenvalue weighted by Crippen LogP contribution is 2.28. The van der Waals surface area contributed by atoms with Crippen molar-refractivity contribution in [1.82, 2.24) is 0 Å². The zero-order valence-electron chi connectivity index (χ0n) is 17.3. The number of ether oxygens (including phenoxy) is 3. The number of benzene rings is 2. The minimum absolute atomic E-state index is 0.00765. The molecule has 170 valence electrons. The molecule has 0 spiro atoms. The van der Waals surface area contributed by atoms with Crippen LogP contribution in [0.4, 0.5) is 18.9 Å². The fourth-order valence-corrected chi connectivity index (χ4v) is 3.20. The van der Waals surface area contributed by atoms with Crippen LogP contribution in [-0.4, -0.2) is 49.4 Å². The van der Waals surface area contributed by atoms with Crippen molar-refractivity contribution in [3.63, 3.8) is 0 Å². The summed E-state index contributed by atoms with van der Waals surface area (Å²) in [6.45, 7) is 3.45. The number of piperidine rings is 1. The van der Waals surface area contributed by atoms with Crippen LogP contribution in [-0.2, 0) is 0 Å². The van der Waals surface area contributed by atoms with Gasteiger partial charge in [0.05, 0.1) is 0 Å². The van der Waals surface area contributed by atoms with Gasteiger partial charge in [-0.05, 0) is 55.5 Å². The van der Waals surface area contributed by atoms with Gasteiger partial charge in [-0.2, -0.15) is 0 Å². The van der Waals surface area contributed by atoms with Crippen LogP contribution in [0.5, 0.6) is 17.2 Å². The van der Waals surface area contributed by atoms with E-state index in [2.05, 4.69) is 9.64 Å². The molecular weight excluding hydrogens is 413 g/mol. The highest BCUT2D eigenvalue weighted by atomic mass is 19.4. The standard InChI is InChI=1S/C22H27F3N2O4/c1-21(28,14-26)15-29-17-4-2-16(3-5-17)27-12-10-19(11-13-27)30-18-6-8-20(9-7-18)31-22(23,24)25/h2-9,19,28H,10-15,26H2,1H3/t21-/m1/s1. The summed E-state index contributed by atoms with van der Waals surface area (Å²) in [5, 5.41) is 9.91. The minimum Gasteiger partial charge on any atom is -0.491 e. The number of nitrogens with zero attached hydrogens (tertiary/aromatic N) is 1. The summed E-state index contributed by atoms with van der Waals surface area (Å²) >= 11 is 0. The summed E-state index contributed by atoms with van der Waals surface area (Å²) in [6, 6.07) is 13.1. The molecule has 0 aliphatic carbocycles. The van der Waals surface area contributed by atoms with Crippen molar-refractivity contribution in [3.8, 4) is 17.2 Å². The van der Waals surface area contributed by atoms with E-state index in [1.54, 1.807) is 6.92 Å². The normalized spacial score (nSPS) is 17.2. The van der Waals surface area contributed by atoms with E-state index in [1.165, 1.54) is 24.3 Å². The Kier molecular flexibility index (Phi) is 7.17. The molecular formula is C22H27F3N2O4. The number of anilines is 1. The van der Waals surface area contributed by atoms with Gasteiger partial charge in [-0.25, -0.2) is 0 Å². The van der Waals surface area contributed by atoms with Crippen LogP contribution in [0, 0.1) is 0 Å². The Balaban J connectivity index is 1.46. The summed E-state index contributed by atoms with van der Waals surface area (Å²) in [5.41, 5.74) is 5.48. The van der Waals surface area contributed by atoms with Crippen LogP contribution >= 0.6 is 0 Å². The van der Waals surface area contributed by atoms with Crippen LogP contribution in [0.25, 0.3) is 0 Å². The number of rotatable bonds is 8. The van der Waals surface area contributed by atoms with E-state index >= 15 is 0 Å². The first-order valence-electron chi connectivity index (χ1n) is 10.1. The first kappa shape index (κ1) is 23.0. The molecule has 0 saturated carbocycles. The van der Waals surface area contributed by atoms with Crippen LogP contribution in [0.2, 0.25) is 0 Å². The lowest BCUT2D eigenvalue weighted by Crippen LogP contribution is -2.40. The lowest BCUT2D eigenvalue weighted by atomic mass is 10.1. The van der Waals surface area contributed by atoms with E-state index in [0.29, 0.717) is 11.5 Å². The van der Waals surface area contributed by atoms with Gasteiger partial charge in [0.25, 0.3) is 0 Å². The number of halogens is 3.